The number of urea groups is 1. The predicted octanol–water partition coefficient (Wildman–Crippen LogP) is 2.60. The molecule has 3 N–H and O–H groups in total. The number of piperidine rings is 1. The summed E-state index contributed by atoms with van der Waals surface area (Å²) in [7, 11) is 0. The molecule has 0 radical (unpaired) electrons. The maximum atomic E-state index is 11.7. The number of hydrogen-bond donors (Lipinski definition) is 3. The van der Waals surface area contributed by atoms with Crippen LogP contribution in [0.1, 0.15) is 19.3 Å². The van der Waals surface area contributed by atoms with Gasteiger partial charge in [0.25, 0.3) is 0 Å². The van der Waals surface area contributed by atoms with E-state index < -0.39 is 0 Å². The molecule has 1 aromatic carbocycles. The molecule has 1 unspecified atom stereocenters. The molecule has 0 aliphatic carbocycles. The van der Waals surface area contributed by atoms with Crippen molar-refractivity contribution in [3.8, 4) is 0 Å². The highest BCUT2D eigenvalue weighted by Gasteiger charge is 2.13. The third-order valence-electron chi connectivity index (χ3n) is 3.02. The van der Waals surface area contributed by atoms with Crippen LogP contribution in [0, 0.1) is 0 Å². The average molecular weight is 268 g/mol. The molecule has 2 rings (SSSR count). The maximum Gasteiger partial charge on any atom is 0.319 e. The molecule has 4 nitrogen and oxygen atoms in total. The molecule has 1 aromatic rings. The molecule has 1 aliphatic heterocycles. The molecule has 0 spiro atoms. The van der Waals surface area contributed by atoms with Crippen molar-refractivity contribution in [2.24, 2.45) is 0 Å². The Kier molecular flexibility index (Phi) is 4.84. The maximum absolute atomic E-state index is 11.7. The van der Waals surface area contributed by atoms with E-state index in [0.29, 0.717) is 17.6 Å². The van der Waals surface area contributed by atoms with Crippen molar-refractivity contribution in [1.82, 2.24) is 10.6 Å². The highest BCUT2D eigenvalue weighted by molar-refractivity contribution is 6.30. The van der Waals surface area contributed by atoms with Gasteiger partial charge in [0.05, 0.1) is 0 Å². The molecule has 1 saturated heterocycles. The van der Waals surface area contributed by atoms with E-state index in [1.165, 1.54) is 12.8 Å². The van der Waals surface area contributed by atoms with Gasteiger partial charge < -0.3 is 16.0 Å². The summed E-state index contributed by atoms with van der Waals surface area (Å²) in [5.41, 5.74) is 0.744. The van der Waals surface area contributed by atoms with Gasteiger partial charge >= 0.3 is 6.03 Å². The zero-order valence-electron chi connectivity index (χ0n) is 10.2. The number of carbonyl (C=O) groups excluding carboxylic acids is 1. The fraction of sp³-hybridized carbons (Fsp3) is 0.462. The lowest BCUT2D eigenvalue weighted by atomic mass is 10.1. The van der Waals surface area contributed by atoms with E-state index in [0.717, 1.165) is 18.7 Å². The predicted molar refractivity (Wildman–Crippen MR) is 74.1 cm³/mol. The van der Waals surface area contributed by atoms with Gasteiger partial charge in [0.2, 0.25) is 0 Å². The number of rotatable bonds is 3. The molecule has 2 amide bonds. The Balaban J connectivity index is 1.73. The molecule has 1 heterocycles. The van der Waals surface area contributed by atoms with Gasteiger partial charge in [0, 0.05) is 23.3 Å². The molecule has 1 aliphatic rings. The molecule has 1 atom stereocenters. The second-order valence-electron chi connectivity index (χ2n) is 4.49. The molecule has 0 bridgehead atoms. The van der Waals surface area contributed by atoms with Crippen molar-refractivity contribution in [2.45, 2.75) is 25.3 Å². The van der Waals surface area contributed by atoms with Crippen LogP contribution in [-0.2, 0) is 0 Å². The Morgan fingerprint density at radius 3 is 2.78 bits per heavy atom. The van der Waals surface area contributed by atoms with Crippen molar-refractivity contribution < 1.29 is 4.79 Å². The summed E-state index contributed by atoms with van der Waals surface area (Å²) in [5, 5.41) is 9.69. The Labute approximate surface area is 112 Å². The van der Waals surface area contributed by atoms with Gasteiger partial charge in [-0.25, -0.2) is 4.79 Å². The molecule has 0 aromatic heterocycles. The van der Waals surface area contributed by atoms with Gasteiger partial charge in [-0.3, -0.25) is 0 Å². The van der Waals surface area contributed by atoms with Gasteiger partial charge in [-0.05, 0) is 43.7 Å². The van der Waals surface area contributed by atoms with Crippen molar-refractivity contribution in [1.29, 1.82) is 0 Å². The molecule has 1 fully saturated rings. The van der Waals surface area contributed by atoms with Gasteiger partial charge in [-0.1, -0.05) is 18.0 Å². The molecular weight excluding hydrogens is 250 g/mol. The number of nitrogens with one attached hydrogen (secondary N) is 3. The summed E-state index contributed by atoms with van der Waals surface area (Å²) in [6, 6.07) is 7.28. The second-order valence-corrected chi connectivity index (χ2v) is 4.93. The van der Waals surface area contributed by atoms with Crippen LogP contribution < -0.4 is 16.0 Å². The van der Waals surface area contributed by atoms with Gasteiger partial charge in [-0.2, -0.15) is 0 Å². The van der Waals surface area contributed by atoms with Crippen molar-refractivity contribution >= 4 is 23.3 Å². The molecule has 5 heteroatoms. The zero-order valence-corrected chi connectivity index (χ0v) is 11.0. The van der Waals surface area contributed by atoms with Gasteiger partial charge in [0.1, 0.15) is 0 Å². The number of anilines is 1. The van der Waals surface area contributed by atoms with E-state index in [9.17, 15) is 4.79 Å². The largest absolute Gasteiger partial charge is 0.336 e. The summed E-state index contributed by atoms with van der Waals surface area (Å²) in [5.74, 6) is 0. The first-order chi connectivity index (χ1) is 8.74. The van der Waals surface area contributed by atoms with Crippen molar-refractivity contribution in [3.05, 3.63) is 29.3 Å². The van der Waals surface area contributed by atoms with Gasteiger partial charge in [0.15, 0.2) is 0 Å². The number of hydrogen-bond acceptors (Lipinski definition) is 2. The van der Waals surface area contributed by atoms with E-state index in [4.69, 9.17) is 11.6 Å². The van der Waals surface area contributed by atoms with E-state index >= 15 is 0 Å². The smallest absolute Gasteiger partial charge is 0.319 e. The van der Waals surface area contributed by atoms with E-state index in [1.807, 2.05) is 0 Å². The van der Waals surface area contributed by atoms with Crippen LogP contribution in [0.3, 0.4) is 0 Å². The molecule has 18 heavy (non-hydrogen) atoms. The van der Waals surface area contributed by atoms with Crippen LogP contribution in [0.4, 0.5) is 10.5 Å². The highest BCUT2D eigenvalue weighted by Crippen LogP contribution is 2.13. The fourth-order valence-electron chi connectivity index (χ4n) is 2.02. The van der Waals surface area contributed by atoms with Crippen LogP contribution in [0.2, 0.25) is 5.02 Å². The Morgan fingerprint density at radius 1 is 1.33 bits per heavy atom. The number of benzene rings is 1. The van der Waals surface area contributed by atoms with E-state index in [2.05, 4.69) is 16.0 Å². The van der Waals surface area contributed by atoms with Crippen LogP contribution in [0.5, 0.6) is 0 Å². The first kappa shape index (κ1) is 13.2. The van der Waals surface area contributed by atoms with Crippen LogP contribution in [-0.4, -0.2) is 25.2 Å². The normalized spacial score (nSPS) is 19.3. The fourth-order valence-corrected chi connectivity index (χ4v) is 2.15. The van der Waals surface area contributed by atoms with Crippen molar-refractivity contribution in [2.75, 3.05) is 18.4 Å². The summed E-state index contributed by atoms with van der Waals surface area (Å²) < 4.78 is 0. The van der Waals surface area contributed by atoms with Crippen molar-refractivity contribution in [3.63, 3.8) is 0 Å². The monoisotopic (exact) mass is 267 g/mol. The topological polar surface area (TPSA) is 53.2 Å². The first-order valence-corrected chi connectivity index (χ1v) is 6.65. The van der Waals surface area contributed by atoms with Crippen LogP contribution >= 0.6 is 11.6 Å². The second kappa shape index (κ2) is 6.61. The third-order valence-corrected chi connectivity index (χ3v) is 3.28. The van der Waals surface area contributed by atoms with Gasteiger partial charge in [-0.15, -0.1) is 0 Å². The summed E-state index contributed by atoms with van der Waals surface area (Å²) >= 11 is 5.77. The summed E-state index contributed by atoms with van der Waals surface area (Å²) in [6.07, 6.45) is 3.59. The average Bonchev–Trinajstić information content (AvgIpc) is 2.40. The number of carbonyl (C=O) groups is 1. The standard InChI is InChI=1S/C13H18ClN3O/c14-10-4-6-11(7-5-10)17-13(18)16-9-12-3-1-2-8-15-12/h4-7,12,15H,1-3,8-9H2,(H2,16,17,18). The molecule has 98 valence electrons. The Bertz CT molecular complexity index is 388. The minimum absolute atomic E-state index is 0.176. The third kappa shape index (κ3) is 4.20. The Hall–Kier alpha value is -1.26. The summed E-state index contributed by atoms with van der Waals surface area (Å²) in [6.45, 7) is 1.71. The lowest BCUT2D eigenvalue weighted by Crippen LogP contribution is -2.44. The van der Waals surface area contributed by atoms with E-state index in [1.54, 1.807) is 24.3 Å². The van der Waals surface area contributed by atoms with Crippen LogP contribution in [0.15, 0.2) is 24.3 Å². The first-order valence-electron chi connectivity index (χ1n) is 6.28. The highest BCUT2D eigenvalue weighted by atomic mass is 35.5. The zero-order chi connectivity index (χ0) is 12.8. The lowest BCUT2D eigenvalue weighted by molar-refractivity contribution is 0.249. The lowest BCUT2D eigenvalue weighted by Gasteiger charge is -2.23. The number of amides is 2. The summed E-state index contributed by atoms with van der Waals surface area (Å²) in [4.78, 5) is 11.7. The minimum atomic E-state index is -0.176. The molecule has 0 saturated carbocycles. The van der Waals surface area contributed by atoms with Crippen LogP contribution in [0.25, 0.3) is 0 Å². The Morgan fingerprint density at radius 2 is 2.11 bits per heavy atom. The number of halogens is 1. The molecular formula is C13H18ClN3O. The van der Waals surface area contributed by atoms with E-state index in [-0.39, 0.29) is 6.03 Å². The minimum Gasteiger partial charge on any atom is -0.336 e. The quantitative estimate of drug-likeness (QED) is 0.789. The SMILES string of the molecule is O=C(NCC1CCCCN1)Nc1ccc(Cl)cc1.